The molecule has 0 aliphatic carbocycles. The summed E-state index contributed by atoms with van der Waals surface area (Å²) in [5.74, 6) is 0.911. The number of hydrazone groups is 1. The average molecular weight is 386 g/mol. The predicted octanol–water partition coefficient (Wildman–Crippen LogP) is 4.33. The molecule has 0 unspecified atom stereocenters. The minimum atomic E-state index is -0.163. The van der Waals surface area contributed by atoms with Gasteiger partial charge in [0.2, 0.25) is 0 Å². The number of thioether (sulfide) groups is 1. The predicted molar refractivity (Wildman–Crippen MR) is 108 cm³/mol. The SMILES string of the molecule is CCCOc1cccc(/C=N/NC(=O)CSc2nc3ccccc3s2)c1. The van der Waals surface area contributed by atoms with Crippen molar-refractivity contribution in [2.24, 2.45) is 5.10 Å². The summed E-state index contributed by atoms with van der Waals surface area (Å²) in [4.78, 5) is 16.4. The lowest BCUT2D eigenvalue weighted by Gasteiger charge is -2.04. The van der Waals surface area contributed by atoms with Crippen LogP contribution < -0.4 is 10.2 Å². The molecule has 5 nitrogen and oxygen atoms in total. The Balaban J connectivity index is 1.48. The monoisotopic (exact) mass is 385 g/mol. The molecular weight excluding hydrogens is 366 g/mol. The Morgan fingerprint density at radius 2 is 2.19 bits per heavy atom. The van der Waals surface area contributed by atoms with Crippen molar-refractivity contribution in [2.75, 3.05) is 12.4 Å². The first-order valence-electron chi connectivity index (χ1n) is 8.28. The van der Waals surface area contributed by atoms with Crippen LogP contribution in [0.2, 0.25) is 0 Å². The van der Waals surface area contributed by atoms with E-state index in [1.807, 2.05) is 48.5 Å². The number of rotatable bonds is 8. The van der Waals surface area contributed by atoms with Crippen molar-refractivity contribution in [2.45, 2.75) is 17.7 Å². The normalized spacial score (nSPS) is 11.1. The molecular formula is C19H19N3O2S2. The number of aromatic nitrogens is 1. The molecule has 0 atom stereocenters. The Hall–Kier alpha value is -2.38. The summed E-state index contributed by atoms with van der Waals surface area (Å²) in [7, 11) is 0. The molecule has 0 bridgehead atoms. The number of hydrogen-bond acceptors (Lipinski definition) is 6. The molecule has 0 saturated carbocycles. The molecule has 1 heterocycles. The zero-order valence-electron chi connectivity index (χ0n) is 14.3. The Morgan fingerprint density at radius 3 is 3.04 bits per heavy atom. The number of carbonyl (C=O) groups excluding carboxylic acids is 1. The highest BCUT2D eigenvalue weighted by atomic mass is 32.2. The second-order valence-electron chi connectivity index (χ2n) is 5.45. The van der Waals surface area contributed by atoms with Gasteiger partial charge in [-0.15, -0.1) is 11.3 Å². The standard InChI is InChI=1S/C19H19N3O2S2/c1-2-10-24-15-7-5-6-14(11-15)12-20-22-18(23)13-25-19-21-16-8-3-4-9-17(16)26-19/h3-9,11-12H,2,10,13H2,1H3,(H,22,23)/b20-12+. The lowest BCUT2D eigenvalue weighted by molar-refractivity contribution is -0.118. The Labute approximate surface area is 160 Å². The number of nitrogens with zero attached hydrogens (tertiary/aromatic N) is 2. The molecule has 134 valence electrons. The molecule has 0 radical (unpaired) electrons. The molecule has 3 aromatic rings. The quantitative estimate of drug-likeness (QED) is 0.356. The highest BCUT2D eigenvalue weighted by molar-refractivity contribution is 8.01. The smallest absolute Gasteiger partial charge is 0.250 e. The first kappa shape index (κ1) is 18.4. The van der Waals surface area contributed by atoms with E-state index in [0.717, 1.165) is 32.3 Å². The van der Waals surface area contributed by atoms with Gasteiger partial charge in [-0.1, -0.05) is 43.0 Å². The minimum absolute atomic E-state index is 0.163. The van der Waals surface area contributed by atoms with Crippen molar-refractivity contribution in [3.05, 3.63) is 54.1 Å². The van der Waals surface area contributed by atoms with Gasteiger partial charge in [0.05, 0.1) is 28.8 Å². The largest absolute Gasteiger partial charge is 0.494 e. The maximum absolute atomic E-state index is 11.9. The number of amides is 1. The summed E-state index contributed by atoms with van der Waals surface area (Å²) in [6, 6.07) is 15.5. The van der Waals surface area contributed by atoms with E-state index in [-0.39, 0.29) is 11.7 Å². The number of thiazole rings is 1. The lowest BCUT2D eigenvalue weighted by atomic mass is 10.2. The van der Waals surface area contributed by atoms with Crippen LogP contribution in [0.3, 0.4) is 0 Å². The zero-order chi connectivity index (χ0) is 18.2. The van der Waals surface area contributed by atoms with Crippen molar-refractivity contribution in [1.29, 1.82) is 0 Å². The molecule has 0 fully saturated rings. The number of ether oxygens (including phenoxy) is 1. The van der Waals surface area contributed by atoms with Gasteiger partial charge in [0.1, 0.15) is 5.75 Å². The summed E-state index contributed by atoms with van der Waals surface area (Å²) < 4.78 is 7.58. The molecule has 1 amide bonds. The van der Waals surface area contributed by atoms with Gasteiger partial charge in [-0.3, -0.25) is 4.79 Å². The molecule has 7 heteroatoms. The fourth-order valence-electron chi connectivity index (χ4n) is 2.16. The van der Waals surface area contributed by atoms with E-state index in [0.29, 0.717) is 6.61 Å². The molecule has 1 aromatic heterocycles. The van der Waals surface area contributed by atoms with E-state index in [9.17, 15) is 4.79 Å². The van der Waals surface area contributed by atoms with E-state index < -0.39 is 0 Å². The average Bonchev–Trinajstić information content (AvgIpc) is 3.08. The molecule has 0 spiro atoms. The highest BCUT2D eigenvalue weighted by Gasteiger charge is 2.06. The van der Waals surface area contributed by atoms with Gasteiger partial charge < -0.3 is 4.74 Å². The third-order valence-corrected chi connectivity index (χ3v) is 5.51. The summed E-state index contributed by atoms with van der Waals surface area (Å²) in [6.45, 7) is 2.74. The molecule has 3 rings (SSSR count). The second-order valence-corrected chi connectivity index (χ2v) is 7.70. The van der Waals surface area contributed by atoms with Gasteiger partial charge in [0.25, 0.3) is 5.91 Å². The van der Waals surface area contributed by atoms with E-state index >= 15 is 0 Å². The maximum atomic E-state index is 11.9. The molecule has 26 heavy (non-hydrogen) atoms. The fraction of sp³-hybridized carbons (Fsp3) is 0.211. The summed E-state index contributed by atoms with van der Waals surface area (Å²) >= 11 is 3.00. The summed E-state index contributed by atoms with van der Waals surface area (Å²) in [6.07, 6.45) is 2.57. The van der Waals surface area contributed by atoms with Crippen molar-refractivity contribution in [3.63, 3.8) is 0 Å². The van der Waals surface area contributed by atoms with Crippen molar-refractivity contribution in [3.8, 4) is 5.75 Å². The number of carbonyl (C=O) groups is 1. The van der Waals surface area contributed by atoms with Crippen LogP contribution in [-0.4, -0.2) is 29.5 Å². The van der Waals surface area contributed by atoms with E-state index in [4.69, 9.17) is 4.74 Å². The third kappa shape index (κ3) is 5.31. The van der Waals surface area contributed by atoms with Crippen LogP contribution in [0.15, 0.2) is 58.0 Å². The number of nitrogens with one attached hydrogen (secondary N) is 1. The van der Waals surface area contributed by atoms with Crippen molar-refractivity contribution >= 4 is 45.4 Å². The number of para-hydroxylation sites is 1. The molecule has 1 N–H and O–H groups in total. The third-order valence-electron chi connectivity index (χ3n) is 3.33. The van der Waals surface area contributed by atoms with Crippen LogP contribution in [0.25, 0.3) is 10.2 Å². The van der Waals surface area contributed by atoms with Gasteiger partial charge in [0.15, 0.2) is 4.34 Å². The van der Waals surface area contributed by atoms with Crippen molar-refractivity contribution in [1.82, 2.24) is 10.4 Å². The van der Waals surface area contributed by atoms with Crippen LogP contribution in [0.5, 0.6) is 5.75 Å². The lowest BCUT2D eigenvalue weighted by Crippen LogP contribution is -2.19. The second kappa shape index (κ2) is 9.35. The van der Waals surface area contributed by atoms with E-state index in [1.54, 1.807) is 17.6 Å². The van der Waals surface area contributed by atoms with Crippen LogP contribution in [0.4, 0.5) is 0 Å². The van der Waals surface area contributed by atoms with Crippen LogP contribution in [0.1, 0.15) is 18.9 Å². The summed E-state index contributed by atoms with van der Waals surface area (Å²) in [5, 5.41) is 4.01. The topological polar surface area (TPSA) is 63.6 Å². The molecule has 0 aliphatic heterocycles. The van der Waals surface area contributed by atoms with Crippen LogP contribution in [0, 0.1) is 0 Å². The Morgan fingerprint density at radius 1 is 1.31 bits per heavy atom. The minimum Gasteiger partial charge on any atom is -0.494 e. The molecule has 2 aromatic carbocycles. The zero-order valence-corrected chi connectivity index (χ0v) is 16.0. The van der Waals surface area contributed by atoms with Gasteiger partial charge >= 0.3 is 0 Å². The Bertz CT molecular complexity index is 875. The number of hydrogen-bond donors (Lipinski definition) is 1. The Kier molecular flexibility index (Phi) is 6.62. The first-order valence-corrected chi connectivity index (χ1v) is 10.1. The van der Waals surface area contributed by atoms with Gasteiger partial charge in [-0.05, 0) is 36.2 Å². The van der Waals surface area contributed by atoms with Crippen LogP contribution >= 0.6 is 23.1 Å². The van der Waals surface area contributed by atoms with E-state index in [1.165, 1.54) is 11.8 Å². The van der Waals surface area contributed by atoms with Crippen LogP contribution in [-0.2, 0) is 4.79 Å². The maximum Gasteiger partial charge on any atom is 0.250 e. The highest BCUT2D eigenvalue weighted by Crippen LogP contribution is 2.28. The van der Waals surface area contributed by atoms with Gasteiger partial charge in [0, 0.05) is 0 Å². The summed E-state index contributed by atoms with van der Waals surface area (Å²) in [5.41, 5.74) is 4.38. The van der Waals surface area contributed by atoms with Gasteiger partial charge in [-0.25, -0.2) is 10.4 Å². The fourth-order valence-corrected chi connectivity index (χ4v) is 4.02. The first-order chi connectivity index (χ1) is 12.7. The van der Waals surface area contributed by atoms with E-state index in [2.05, 4.69) is 22.4 Å². The number of fused-ring (bicyclic) bond motifs is 1. The van der Waals surface area contributed by atoms with Crippen molar-refractivity contribution < 1.29 is 9.53 Å². The van der Waals surface area contributed by atoms with Gasteiger partial charge in [-0.2, -0.15) is 5.10 Å². The molecule has 0 aliphatic rings. The number of benzene rings is 2. The molecule has 0 saturated heterocycles.